The predicted molar refractivity (Wildman–Crippen MR) is 101 cm³/mol. The van der Waals surface area contributed by atoms with Gasteiger partial charge in [-0.2, -0.15) is 0 Å². The highest BCUT2D eigenvalue weighted by molar-refractivity contribution is 6.01. The second kappa shape index (κ2) is 8.49. The van der Waals surface area contributed by atoms with Crippen molar-refractivity contribution >= 4 is 23.5 Å². The molecule has 6 heteroatoms. The molecule has 0 aromatic heterocycles. The lowest BCUT2D eigenvalue weighted by Gasteiger charge is -2.31. The number of amides is 2. The normalized spacial score (nSPS) is 13.2. The first kappa shape index (κ1) is 18.6. The molecule has 27 heavy (non-hydrogen) atoms. The van der Waals surface area contributed by atoms with Crippen molar-refractivity contribution in [3.8, 4) is 0 Å². The van der Waals surface area contributed by atoms with E-state index in [0.29, 0.717) is 25.8 Å². The van der Waals surface area contributed by atoms with Crippen LogP contribution in [0.2, 0.25) is 0 Å². The first-order valence-electron chi connectivity index (χ1n) is 8.96. The van der Waals surface area contributed by atoms with E-state index in [1.165, 1.54) is 9.80 Å². The molecule has 3 rings (SSSR count). The van der Waals surface area contributed by atoms with Crippen LogP contribution in [0.5, 0.6) is 0 Å². The zero-order chi connectivity index (χ0) is 19.2. The van der Waals surface area contributed by atoms with Crippen molar-refractivity contribution in [2.45, 2.75) is 19.3 Å². The summed E-state index contributed by atoms with van der Waals surface area (Å²) in [6, 6.07) is 17.1. The SMILES string of the molecule is O=C(O)CN(CCc1ccccc1)C(=O)CN1C(=O)CCc2ccccc21. The number of carbonyl (C=O) groups is 3. The van der Waals surface area contributed by atoms with Gasteiger partial charge in [0, 0.05) is 18.7 Å². The predicted octanol–water partition coefficient (Wildman–Crippen LogP) is 2.12. The molecule has 0 saturated heterocycles. The summed E-state index contributed by atoms with van der Waals surface area (Å²) >= 11 is 0. The fraction of sp³-hybridized carbons (Fsp3) is 0.286. The van der Waals surface area contributed by atoms with Crippen LogP contribution >= 0.6 is 0 Å². The van der Waals surface area contributed by atoms with Gasteiger partial charge in [0.15, 0.2) is 0 Å². The van der Waals surface area contributed by atoms with Gasteiger partial charge in [-0.15, -0.1) is 0 Å². The van der Waals surface area contributed by atoms with Gasteiger partial charge in [-0.05, 0) is 30.0 Å². The van der Waals surface area contributed by atoms with E-state index >= 15 is 0 Å². The Morgan fingerprint density at radius 2 is 1.70 bits per heavy atom. The minimum Gasteiger partial charge on any atom is -0.480 e. The molecule has 2 aromatic carbocycles. The van der Waals surface area contributed by atoms with Crippen LogP contribution in [0.3, 0.4) is 0 Å². The first-order valence-corrected chi connectivity index (χ1v) is 8.96. The fourth-order valence-electron chi connectivity index (χ4n) is 3.27. The molecule has 0 bridgehead atoms. The minimum absolute atomic E-state index is 0.111. The van der Waals surface area contributed by atoms with E-state index in [9.17, 15) is 19.5 Å². The molecule has 1 N–H and O–H groups in total. The lowest BCUT2D eigenvalue weighted by molar-refractivity contribution is -0.144. The highest BCUT2D eigenvalue weighted by Crippen LogP contribution is 2.27. The molecule has 0 radical (unpaired) electrons. The van der Waals surface area contributed by atoms with Crippen LogP contribution in [-0.4, -0.2) is 47.4 Å². The second-order valence-electron chi connectivity index (χ2n) is 6.55. The average molecular weight is 366 g/mol. The third kappa shape index (κ3) is 4.73. The van der Waals surface area contributed by atoms with E-state index in [0.717, 1.165) is 16.8 Å². The van der Waals surface area contributed by atoms with Gasteiger partial charge < -0.3 is 14.9 Å². The Bertz CT molecular complexity index is 835. The lowest BCUT2D eigenvalue weighted by atomic mass is 10.0. The summed E-state index contributed by atoms with van der Waals surface area (Å²) in [5, 5.41) is 9.17. The highest BCUT2D eigenvalue weighted by Gasteiger charge is 2.28. The summed E-state index contributed by atoms with van der Waals surface area (Å²) in [4.78, 5) is 39.1. The summed E-state index contributed by atoms with van der Waals surface area (Å²) in [6.07, 6.45) is 1.57. The van der Waals surface area contributed by atoms with Gasteiger partial charge >= 0.3 is 5.97 Å². The number of carbonyl (C=O) groups excluding carboxylic acids is 2. The fourth-order valence-corrected chi connectivity index (χ4v) is 3.27. The second-order valence-corrected chi connectivity index (χ2v) is 6.55. The van der Waals surface area contributed by atoms with Crippen LogP contribution in [0.4, 0.5) is 5.69 Å². The van der Waals surface area contributed by atoms with Crippen molar-refractivity contribution in [3.63, 3.8) is 0 Å². The Labute approximate surface area is 158 Å². The topological polar surface area (TPSA) is 77.9 Å². The number of nitrogens with zero attached hydrogens (tertiary/aromatic N) is 2. The van der Waals surface area contributed by atoms with E-state index in [-0.39, 0.29) is 24.9 Å². The number of rotatable bonds is 7. The van der Waals surface area contributed by atoms with Gasteiger partial charge in [0.2, 0.25) is 11.8 Å². The van der Waals surface area contributed by atoms with Crippen molar-refractivity contribution in [3.05, 3.63) is 65.7 Å². The summed E-state index contributed by atoms with van der Waals surface area (Å²) in [7, 11) is 0. The van der Waals surface area contributed by atoms with Gasteiger partial charge in [0.05, 0.1) is 0 Å². The summed E-state index contributed by atoms with van der Waals surface area (Å²) in [5.74, 6) is -1.54. The number of carboxylic acids is 1. The molecule has 1 heterocycles. The minimum atomic E-state index is -1.07. The number of anilines is 1. The molecule has 2 amide bonds. The van der Waals surface area contributed by atoms with Crippen LogP contribution in [0.1, 0.15) is 17.5 Å². The quantitative estimate of drug-likeness (QED) is 0.814. The molecule has 6 nitrogen and oxygen atoms in total. The molecule has 1 aliphatic rings. The third-order valence-electron chi connectivity index (χ3n) is 4.68. The van der Waals surface area contributed by atoms with E-state index < -0.39 is 5.97 Å². The number of para-hydroxylation sites is 1. The maximum atomic E-state index is 12.8. The summed E-state index contributed by atoms with van der Waals surface area (Å²) < 4.78 is 0. The molecule has 0 fully saturated rings. The van der Waals surface area contributed by atoms with Crippen molar-refractivity contribution < 1.29 is 19.5 Å². The molecule has 140 valence electrons. The van der Waals surface area contributed by atoms with Crippen LogP contribution in [0, 0.1) is 0 Å². The molecule has 2 aromatic rings. The van der Waals surface area contributed by atoms with Gasteiger partial charge in [0.1, 0.15) is 13.1 Å². The van der Waals surface area contributed by atoms with Gasteiger partial charge in [-0.25, -0.2) is 0 Å². The number of hydrogen-bond acceptors (Lipinski definition) is 3. The van der Waals surface area contributed by atoms with E-state index in [2.05, 4.69) is 0 Å². The Morgan fingerprint density at radius 1 is 1.00 bits per heavy atom. The number of hydrogen-bond donors (Lipinski definition) is 1. The van der Waals surface area contributed by atoms with Gasteiger partial charge in [-0.3, -0.25) is 14.4 Å². The van der Waals surface area contributed by atoms with E-state index in [1.54, 1.807) is 0 Å². The first-order chi connectivity index (χ1) is 13.0. The van der Waals surface area contributed by atoms with Crippen molar-refractivity contribution in [2.24, 2.45) is 0 Å². The Kier molecular flexibility index (Phi) is 5.86. The van der Waals surface area contributed by atoms with Crippen LogP contribution in [0.25, 0.3) is 0 Å². The smallest absolute Gasteiger partial charge is 0.323 e. The van der Waals surface area contributed by atoms with Gasteiger partial charge in [0.25, 0.3) is 0 Å². The van der Waals surface area contributed by atoms with E-state index in [1.807, 2.05) is 54.6 Å². The largest absolute Gasteiger partial charge is 0.480 e. The molecule has 0 saturated carbocycles. The number of fused-ring (bicyclic) bond motifs is 1. The molecule has 0 atom stereocenters. The standard InChI is InChI=1S/C21H22N2O4/c24-19-11-10-17-8-4-5-9-18(17)23(19)14-20(25)22(15-21(26)27)13-12-16-6-2-1-3-7-16/h1-9H,10-15H2,(H,26,27). The summed E-state index contributed by atoms with van der Waals surface area (Å²) in [5.41, 5.74) is 2.79. The van der Waals surface area contributed by atoms with Crippen LogP contribution in [-0.2, 0) is 27.2 Å². The maximum Gasteiger partial charge on any atom is 0.323 e. The molecule has 0 spiro atoms. The van der Waals surface area contributed by atoms with Crippen LogP contribution in [0.15, 0.2) is 54.6 Å². The maximum absolute atomic E-state index is 12.8. The number of carboxylic acid groups (broad SMARTS) is 1. The third-order valence-corrected chi connectivity index (χ3v) is 4.68. The van der Waals surface area contributed by atoms with Gasteiger partial charge in [-0.1, -0.05) is 48.5 Å². The molecular formula is C21H22N2O4. The molecule has 1 aliphatic heterocycles. The number of aryl methyl sites for hydroxylation is 1. The molecule has 0 aliphatic carbocycles. The number of aliphatic carboxylic acids is 1. The molecule has 0 unspecified atom stereocenters. The van der Waals surface area contributed by atoms with Crippen molar-refractivity contribution in [1.29, 1.82) is 0 Å². The lowest BCUT2D eigenvalue weighted by Crippen LogP contribution is -2.46. The van der Waals surface area contributed by atoms with E-state index in [4.69, 9.17) is 0 Å². The summed E-state index contributed by atoms with van der Waals surface area (Å²) in [6.45, 7) is -0.230. The molecular weight excluding hydrogens is 344 g/mol. The Balaban J connectivity index is 1.72. The monoisotopic (exact) mass is 366 g/mol. The Morgan fingerprint density at radius 3 is 2.44 bits per heavy atom. The zero-order valence-electron chi connectivity index (χ0n) is 15.0. The van der Waals surface area contributed by atoms with Crippen LogP contribution < -0.4 is 4.90 Å². The average Bonchev–Trinajstić information content (AvgIpc) is 2.68. The van der Waals surface area contributed by atoms with Crippen molar-refractivity contribution in [2.75, 3.05) is 24.5 Å². The van der Waals surface area contributed by atoms with Crippen molar-refractivity contribution in [1.82, 2.24) is 4.90 Å². The number of benzene rings is 2. The Hall–Kier alpha value is -3.15. The highest BCUT2D eigenvalue weighted by atomic mass is 16.4. The zero-order valence-corrected chi connectivity index (χ0v) is 15.0.